The lowest BCUT2D eigenvalue weighted by Crippen LogP contribution is -2.57. The number of aromatic nitrogens is 4. The van der Waals surface area contributed by atoms with Gasteiger partial charge in [-0.2, -0.15) is 5.10 Å². The summed E-state index contributed by atoms with van der Waals surface area (Å²) in [6.07, 6.45) is 9.76. The molecule has 232 valence electrons. The Morgan fingerprint density at radius 1 is 1.02 bits per heavy atom. The number of amides is 3. The van der Waals surface area contributed by atoms with Gasteiger partial charge >= 0.3 is 0 Å². The number of rotatable bonds is 8. The maximum absolute atomic E-state index is 13.2. The van der Waals surface area contributed by atoms with Gasteiger partial charge in [0.1, 0.15) is 6.23 Å². The third-order valence-electron chi connectivity index (χ3n) is 9.95. The molecule has 2 atom stereocenters. The van der Waals surface area contributed by atoms with E-state index in [4.69, 9.17) is 10.1 Å². The van der Waals surface area contributed by atoms with Gasteiger partial charge in [-0.1, -0.05) is 0 Å². The van der Waals surface area contributed by atoms with Crippen LogP contribution in [0.4, 0.5) is 5.69 Å². The molecule has 2 unspecified atom stereocenters. The van der Waals surface area contributed by atoms with Crippen molar-refractivity contribution < 1.29 is 19.5 Å². The van der Waals surface area contributed by atoms with Crippen LogP contribution in [0.1, 0.15) is 96.8 Å². The molecule has 4 aromatic rings. The zero-order chi connectivity index (χ0) is 31.0. The Morgan fingerprint density at radius 3 is 2.58 bits per heavy atom. The van der Waals surface area contributed by atoms with Crippen molar-refractivity contribution in [3.05, 3.63) is 65.7 Å². The number of imide groups is 1. The van der Waals surface area contributed by atoms with Crippen molar-refractivity contribution in [3.8, 4) is 11.3 Å². The third-order valence-corrected chi connectivity index (χ3v) is 9.95. The van der Waals surface area contributed by atoms with Crippen LogP contribution in [0.15, 0.2) is 48.9 Å². The Balaban J connectivity index is 0.937. The number of nitrogens with zero attached hydrogens (tertiary/aromatic N) is 5. The maximum Gasteiger partial charge on any atom is 0.262 e. The van der Waals surface area contributed by atoms with Gasteiger partial charge in [-0.15, -0.1) is 0 Å². The molecular formula is C34H37N7O4. The normalized spacial score (nSPS) is 24.7. The molecule has 11 heteroatoms. The minimum Gasteiger partial charge on any atom is -0.385 e. The van der Waals surface area contributed by atoms with Gasteiger partial charge in [-0.3, -0.25) is 28.9 Å². The van der Waals surface area contributed by atoms with Crippen molar-refractivity contribution in [2.24, 2.45) is 5.92 Å². The van der Waals surface area contributed by atoms with Crippen LogP contribution in [0.5, 0.6) is 0 Å². The number of fused-ring (bicyclic) bond motifs is 2. The van der Waals surface area contributed by atoms with E-state index in [1.807, 2.05) is 12.3 Å². The molecule has 11 nitrogen and oxygen atoms in total. The quantitative estimate of drug-likeness (QED) is 0.249. The summed E-state index contributed by atoms with van der Waals surface area (Å²) < 4.78 is 4.45. The summed E-state index contributed by atoms with van der Waals surface area (Å²) in [5.74, 6) is -0.195. The van der Waals surface area contributed by atoms with E-state index >= 15 is 0 Å². The molecule has 5 heterocycles. The average Bonchev–Trinajstić information content (AvgIpc) is 3.51. The second-order valence-corrected chi connectivity index (χ2v) is 13.3. The van der Waals surface area contributed by atoms with Crippen molar-refractivity contribution in [3.63, 3.8) is 0 Å². The maximum atomic E-state index is 13.2. The Hall–Kier alpha value is -4.51. The van der Waals surface area contributed by atoms with E-state index in [1.165, 1.54) is 29.4 Å². The van der Waals surface area contributed by atoms with Crippen LogP contribution >= 0.6 is 0 Å². The summed E-state index contributed by atoms with van der Waals surface area (Å²) in [5.41, 5.74) is 5.97. The van der Waals surface area contributed by atoms with Crippen LogP contribution < -0.4 is 10.6 Å². The largest absolute Gasteiger partial charge is 0.385 e. The Bertz CT molecular complexity index is 1850. The summed E-state index contributed by atoms with van der Waals surface area (Å²) in [6, 6.07) is 9.42. The number of benzene rings is 1. The fraction of sp³-hybridized carbons (Fsp3) is 0.441. The van der Waals surface area contributed by atoms with E-state index in [-0.39, 0.29) is 18.7 Å². The molecule has 3 fully saturated rings. The summed E-state index contributed by atoms with van der Waals surface area (Å²) in [5, 5.41) is 22.5. The fourth-order valence-corrected chi connectivity index (χ4v) is 7.24. The molecule has 8 rings (SSSR count). The lowest BCUT2D eigenvalue weighted by molar-refractivity contribution is -0.129. The second-order valence-electron chi connectivity index (χ2n) is 13.3. The Kier molecular flexibility index (Phi) is 6.56. The first-order valence-corrected chi connectivity index (χ1v) is 16.0. The van der Waals surface area contributed by atoms with Crippen LogP contribution in [0.2, 0.25) is 0 Å². The first kappa shape index (κ1) is 28.0. The standard InChI is InChI=1S/C34H37N7O4/c1-18(2)39-12-10-24-27(39)9-11-35-31(24)26-17-40(38-30(26)20-3-4-20)22-13-19(14-22)16-36-21-5-6-23-25(15-21)34(45)41(33(23)44)28-7-8-29(42)37-32(28)43/h5-6,9-12,15,17-20,22,28,32,36,43H,3-4,7-8,13-14,16H2,1-2H3,(H,37,42)/t19-,22-,28?,32?. The van der Waals surface area contributed by atoms with Crippen molar-refractivity contribution in [2.75, 3.05) is 11.9 Å². The molecule has 2 aliphatic heterocycles. The lowest BCUT2D eigenvalue weighted by atomic mass is 9.80. The SMILES string of the molecule is CC(C)n1ccc2c(-c3cn([C@H]4C[C@H](CNc5ccc6c(c5)C(=O)N(C5CCC(=O)NC5O)C6=O)C4)nc3C3CC3)nccc21. The summed E-state index contributed by atoms with van der Waals surface area (Å²) in [4.78, 5) is 43.8. The predicted molar refractivity (Wildman–Crippen MR) is 168 cm³/mol. The van der Waals surface area contributed by atoms with Gasteiger partial charge in [0.2, 0.25) is 5.91 Å². The van der Waals surface area contributed by atoms with Gasteiger partial charge < -0.3 is 20.3 Å². The summed E-state index contributed by atoms with van der Waals surface area (Å²) in [6.45, 7) is 5.14. The molecular weight excluding hydrogens is 570 g/mol. The highest BCUT2D eigenvalue weighted by Crippen LogP contribution is 2.46. The number of aliphatic hydroxyl groups is 1. The highest BCUT2D eigenvalue weighted by atomic mass is 16.3. The summed E-state index contributed by atoms with van der Waals surface area (Å²) >= 11 is 0. The number of carbonyl (C=O) groups excluding carboxylic acids is 3. The van der Waals surface area contributed by atoms with Crippen molar-refractivity contribution >= 4 is 34.3 Å². The van der Waals surface area contributed by atoms with Crippen molar-refractivity contribution in [1.29, 1.82) is 0 Å². The molecule has 1 aromatic carbocycles. The van der Waals surface area contributed by atoms with Gasteiger partial charge in [0, 0.05) is 60.2 Å². The van der Waals surface area contributed by atoms with Crippen LogP contribution in [-0.2, 0) is 4.79 Å². The number of anilines is 1. The molecule has 4 aliphatic rings. The predicted octanol–water partition coefficient (Wildman–Crippen LogP) is 4.61. The van der Waals surface area contributed by atoms with Crippen LogP contribution in [0.3, 0.4) is 0 Å². The number of hydrogen-bond donors (Lipinski definition) is 3. The number of nitrogens with one attached hydrogen (secondary N) is 2. The third kappa shape index (κ3) is 4.72. The molecule has 1 saturated heterocycles. The first-order valence-electron chi connectivity index (χ1n) is 16.0. The Labute approximate surface area is 260 Å². The van der Waals surface area contributed by atoms with Crippen LogP contribution in [0.25, 0.3) is 22.2 Å². The molecule has 2 aliphatic carbocycles. The van der Waals surface area contributed by atoms with E-state index < -0.39 is 24.1 Å². The topological polar surface area (TPSA) is 134 Å². The average molecular weight is 608 g/mol. The van der Waals surface area contributed by atoms with Crippen LogP contribution in [0, 0.1) is 5.92 Å². The lowest BCUT2D eigenvalue weighted by Gasteiger charge is -2.35. The van der Waals surface area contributed by atoms with E-state index in [0.29, 0.717) is 35.0 Å². The molecule has 3 amide bonds. The number of piperidine rings is 1. The number of carbonyl (C=O) groups is 3. The van der Waals surface area contributed by atoms with E-state index in [0.717, 1.165) is 41.2 Å². The number of aliphatic hydroxyl groups excluding tert-OH is 1. The van der Waals surface area contributed by atoms with Gasteiger partial charge in [0.15, 0.2) is 0 Å². The van der Waals surface area contributed by atoms with Crippen LogP contribution in [-0.4, -0.2) is 65.9 Å². The van der Waals surface area contributed by atoms with Crippen molar-refractivity contribution in [1.82, 2.24) is 29.5 Å². The van der Waals surface area contributed by atoms with E-state index in [2.05, 4.69) is 58.3 Å². The molecule has 0 radical (unpaired) electrons. The fourth-order valence-electron chi connectivity index (χ4n) is 7.24. The van der Waals surface area contributed by atoms with Crippen molar-refractivity contribution in [2.45, 2.75) is 82.6 Å². The minimum absolute atomic E-state index is 0.158. The van der Waals surface area contributed by atoms with Gasteiger partial charge in [-0.25, -0.2) is 0 Å². The Morgan fingerprint density at radius 2 is 1.82 bits per heavy atom. The molecule has 3 N–H and O–H groups in total. The highest BCUT2D eigenvalue weighted by molar-refractivity contribution is 6.22. The summed E-state index contributed by atoms with van der Waals surface area (Å²) in [7, 11) is 0. The second kappa shape index (κ2) is 10.5. The van der Waals surface area contributed by atoms with Gasteiger partial charge in [-0.05, 0) is 82.2 Å². The zero-order valence-electron chi connectivity index (χ0n) is 25.4. The minimum atomic E-state index is -1.26. The number of hydrogen-bond acceptors (Lipinski definition) is 7. The first-order chi connectivity index (χ1) is 21.8. The molecule has 2 saturated carbocycles. The molecule has 0 bridgehead atoms. The monoisotopic (exact) mass is 607 g/mol. The van der Waals surface area contributed by atoms with E-state index in [9.17, 15) is 19.5 Å². The van der Waals surface area contributed by atoms with Gasteiger partial charge in [0.25, 0.3) is 11.8 Å². The van der Waals surface area contributed by atoms with Gasteiger partial charge in [0.05, 0.1) is 40.1 Å². The molecule has 0 spiro atoms. The molecule has 45 heavy (non-hydrogen) atoms. The smallest absolute Gasteiger partial charge is 0.262 e. The highest BCUT2D eigenvalue weighted by Gasteiger charge is 2.44. The number of pyridine rings is 1. The molecule has 3 aromatic heterocycles. The zero-order valence-corrected chi connectivity index (χ0v) is 25.4. The van der Waals surface area contributed by atoms with E-state index in [1.54, 1.807) is 12.1 Å².